The van der Waals surface area contributed by atoms with Gasteiger partial charge in [-0.15, -0.1) is 0 Å². The van der Waals surface area contributed by atoms with Gasteiger partial charge in [-0.3, -0.25) is 4.79 Å². The molecule has 1 saturated carbocycles. The van der Waals surface area contributed by atoms with E-state index in [0.29, 0.717) is 6.04 Å². The summed E-state index contributed by atoms with van der Waals surface area (Å²) in [6.45, 7) is 0. The lowest BCUT2D eigenvalue weighted by Gasteiger charge is -2.14. The van der Waals surface area contributed by atoms with Gasteiger partial charge in [-0.05, 0) is 52.5 Å². The molecule has 1 aromatic rings. The maximum absolute atomic E-state index is 12.0. The molecule has 0 aromatic heterocycles. The number of carbonyl (C=O) groups excluding carboxylic acids is 1. The molecule has 0 radical (unpaired) electrons. The molecule has 0 atom stereocenters. The molecule has 0 heterocycles. The van der Waals surface area contributed by atoms with E-state index in [4.69, 9.17) is 4.74 Å². The van der Waals surface area contributed by atoms with Crippen molar-refractivity contribution in [2.24, 2.45) is 0 Å². The van der Waals surface area contributed by atoms with E-state index in [-0.39, 0.29) is 5.91 Å². The summed E-state index contributed by atoms with van der Waals surface area (Å²) >= 11 is 3.44. The lowest BCUT2D eigenvalue weighted by atomic mass is 10.1. The smallest absolute Gasteiger partial charge is 0.244 e. The highest BCUT2D eigenvalue weighted by Gasteiger charge is 2.13. The van der Waals surface area contributed by atoms with E-state index in [2.05, 4.69) is 21.2 Å². The molecule has 2 rings (SSSR count). The van der Waals surface area contributed by atoms with E-state index < -0.39 is 0 Å². The highest BCUT2D eigenvalue weighted by molar-refractivity contribution is 9.10. The van der Waals surface area contributed by atoms with Crippen molar-refractivity contribution in [3.8, 4) is 5.75 Å². The molecule has 4 heteroatoms. The number of rotatable bonds is 4. The van der Waals surface area contributed by atoms with E-state index in [1.807, 2.05) is 24.3 Å². The van der Waals surface area contributed by atoms with Crippen molar-refractivity contribution in [3.05, 3.63) is 34.3 Å². The van der Waals surface area contributed by atoms with E-state index in [1.165, 1.54) is 25.7 Å². The average Bonchev–Trinajstić information content (AvgIpc) is 2.74. The van der Waals surface area contributed by atoms with Gasteiger partial charge in [0.2, 0.25) is 5.91 Å². The van der Waals surface area contributed by atoms with Gasteiger partial charge in [0.25, 0.3) is 0 Å². The van der Waals surface area contributed by atoms with Crippen LogP contribution in [0.15, 0.2) is 28.7 Å². The summed E-state index contributed by atoms with van der Waals surface area (Å²) in [6.07, 6.45) is 10.7. The molecule has 1 aliphatic carbocycles. The first-order valence-electron chi connectivity index (χ1n) is 7.51. The minimum Gasteiger partial charge on any atom is -0.496 e. The largest absolute Gasteiger partial charge is 0.496 e. The van der Waals surface area contributed by atoms with Gasteiger partial charge in [-0.25, -0.2) is 0 Å². The Morgan fingerprint density at radius 3 is 2.62 bits per heavy atom. The van der Waals surface area contributed by atoms with Crippen molar-refractivity contribution in [3.63, 3.8) is 0 Å². The third-order valence-electron chi connectivity index (χ3n) is 3.80. The van der Waals surface area contributed by atoms with Crippen LogP contribution in [0.2, 0.25) is 0 Å². The van der Waals surface area contributed by atoms with E-state index in [9.17, 15) is 4.79 Å². The molecular weight excluding hydrogens is 330 g/mol. The van der Waals surface area contributed by atoms with Gasteiger partial charge >= 0.3 is 0 Å². The van der Waals surface area contributed by atoms with Crippen LogP contribution in [-0.4, -0.2) is 19.1 Å². The molecule has 1 aliphatic rings. The number of amides is 1. The minimum atomic E-state index is -0.00570. The fourth-order valence-corrected chi connectivity index (χ4v) is 3.19. The van der Waals surface area contributed by atoms with Crippen molar-refractivity contribution >= 4 is 27.9 Å². The monoisotopic (exact) mass is 351 g/mol. The van der Waals surface area contributed by atoms with Gasteiger partial charge in [0.1, 0.15) is 5.75 Å². The molecule has 0 aliphatic heterocycles. The summed E-state index contributed by atoms with van der Waals surface area (Å²) < 4.78 is 6.07. The zero-order valence-electron chi connectivity index (χ0n) is 12.4. The summed E-state index contributed by atoms with van der Waals surface area (Å²) in [5.41, 5.74) is 0.971. The number of hydrogen-bond donors (Lipinski definition) is 1. The van der Waals surface area contributed by atoms with Crippen molar-refractivity contribution in [1.29, 1.82) is 0 Å². The van der Waals surface area contributed by atoms with Crippen LogP contribution in [0.1, 0.15) is 44.1 Å². The number of ether oxygens (including phenoxy) is 1. The van der Waals surface area contributed by atoms with Crippen LogP contribution >= 0.6 is 15.9 Å². The van der Waals surface area contributed by atoms with Gasteiger partial charge < -0.3 is 10.1 Å². The standard InChI is InChI=1S/C17H22BrNO2/c1-21-16-10-8-13(12-15(16)18)9-11-17(20)19-14-6-4-2-3-5-7-14/h8-12,14H,2-7H2,1H3,(H,19,20)/b11-9+. The molecule has 1 amide bonds. The molecule has 1 N–H and O–H groups in total. The zero-order valence-corrected chi connectivity index (χ0v) is 14.0. The quantitative estimate of drug-likeness (QED) is 0.648. The topological polar surface area (TPSA) is 38.3 Å². The van der Waals surface area contributed by atoms with Crippen LogP contribution in [0.4, 0.5) is 0 Å². The lowest BCUT2D eigenvalue weighted by Crippen LogP contribution is -2.33. The first kappa shape index (κ1) is 16.1. The number of hydrogen-bond acceptors (Lipinski definition) is 2. The van der Waals surface area contributed by atoms with Crippen LogP contribution in [0, 0.1) is 0 Å². The van der Waals surface area contributed by atoms with Crippen LogP contribution in [-0.2, 0) is 4.79 Å². The van der Waals surface area contributed by atoms with Gasteiger partial charge in [-0.2, -0.15) is 0 Å². The van der Waals surface area contributed by atoms with Crippen molar-refractivity contribution in [1.82, 2.24) is 5.32 Å². The Bertz CT molecular complexity index is 506. The van der Waals surface area contributed by atoms with Crippen LogP contribution < -0.4 is 10.1 Å². The Morgan fingerprint density at radius 1 is 1.29 bits per heavy atom. The number of benzene rings is 1. The average molecular weight is 352 g/mol. The predicted octanol–water partition coefficient (Wildman–Crippen LogP) is 4.31. The Morgan fingerprint density at radius 2 is 2.00 bits per heavy atom. The SMILES string of the molecule is COc1ccc(/C=C/C(=O)NC2CCCCCC2)cc1Br. The Labute approximate surface area is 134 Å². The minimum absolute atomic E-state index is 0.00570. The third-order valence-corrected chi connectivity index (χ3v) is 4.42. The number of nitrogens with one attached hydrogen (secondary N) is 1. The molecule has 114 valence electrons. The molecular formula is C17H22BrNO2. The van der Waals surface area contributed by atoms with E-state index >= 15 is 0 Å². The second-order valence-electron chi connectivity index (χ2n) is 5.42. The third kappa shape index (κ3) is 5.20. The van der Waals surface area contributed by atoms with E-state index in [0.717, 1.165) is 28.6 Å². The summed E-state index contributed by atoms with van der Waals surface area (Å²) in [7, 11) is 1.63. The Balaban J connectivity index is 1.90. The van der Waals surface area contributed by atoms with Gasteiger partial charge in [0.15, 0.2) is 0 Å². The fourth-order valence-electron chi connectivity index (χ4n) is 2.63. The summed E-state index contributed by atoms with van der Waals surface area (Å²) in [4.78, 5) is 12.0. The molecule has 21 heavy (non-hydrogen) atoms. The van der Waals surface area contributed by atoms with Crippen molar-refractivity contribution in [2.45, 2.75) is 44.6 Å². The molecule has 0 bridgehead atoms. The van der Waals surface area contributed by atoms with E-state index in [1.54, 1.807) is 13.2 Å². The molecule has 3 nitrogen and oxygen atoms in total. The lowest BCUT2D eigenvalue weighted by molar-refractivity contribution is -0.117. The summed E-state index contributed by atoms with van der Waals surface area (Å²) in [5.74, 6) is 0.781. The van der Waals surface area contributed by atoms with Crippen molar-refractivity contribution < 1.29 is 9.53 Å². The van der Waals surface area contributed by atoms with Crippen LogP contribution in [0.3, 0.4) is 0 Å². The maximum atomic E-state index is 12.0. The van der Waals surface area contributed by atoms with Gasteiger partial charge in [-0.1, -0.05) is 31.7 Å². The molecule has 1 aromatic carbocycles. The maximum Gasteiger partial charge on any atom is 0.244 e. The second-order valence-corrected chi connectivity index (χ2v) is 6.28. The van der Waals surface area contributed by atoms with Crippen LogP contribution in [0.25, 0.3) is 6.08 Å². The summed E-state index contributed by atoms with van der Waals surface area (Å²) in [6, 6.07) is 6.09. The Hall–Kier alpha value is -1.29. The van der Waals surface area contributed by atoms with Gasteiger partial charge in [0, 0.05) is 12.1 Å². The van der Waals surface area contributed by atoms with Crippen molar-refractivity contribution in [2.75, 3.05) is 7.11 Å². The number of methoxy groups -OCH3 is 1. The second kappa shape index (κ2) is 8.23. The Kier molecular flexibility index (Phi) is 6.30. The number of halogens is 1. The number of carbonyl (C=O) groups is 1. The zero-order chi connectivity index (χ0) is 15.1. The first-order chi connectivity index (χ1) is 10.2. The predicted molar refractivity (Wildman–Crippen MR) is 89.4 cm³/mol. The first-order valence-corrected chi connectivity index (χ1v) is 8.30. The molecule has 0 spiro atoms. The molecule has 0 saturated heterocycles. The highest BCUT2D eigenvalue weighted by atomic mass is 79.9. The van der Waals surface area contributed by atoms with Crippen LogP contribution in [0.5, 0.6) is 5.75 Å². The van der Waals surface area contributed by atoms with Gasteiger partial charge in [0.05, 0.1) is 11.6 Å². The normalized spacial score (nSPS) is 16.7. The molecule has 1 fully saturated rings. The summed E-state index contributed by atoms with van der Waals surface area (Å²) in [5, 5.41) is 3.10. The molecule has 0 unspecified atom stereocenters. The fraction of sp³-hybridized carbons (Fsp3) is 0.471. The highest BCUT2D eigenvalue weighted by Crippen LogP contribution is 2.26.